The molecular weight excluding hydrogens is 212 g/mol. The van der Waals surface area contributed by atoms with Gasteiger partial charge in [-0.05, 0) is 57.1 Å². The van der Waals surface area contributed by atoms with Gasteiger partial charge < -0.3 is 15.4 Å². The first-order valence-corrected chi connectivity index (χ1v) is 6.36. The maximum Gasteiger partial charge on any atom is 0.122 e. The lowest BCUT2D eigenvalue weighted by atomic mass is 10.0. The quantitative estimate of drug-likeness (QED) is 0.816. The minimum Gasteiger partial charge on any atom is -0.492 e. The summed E-state index contributed by atoms with van der Waals surface area (Å²) in [6.45, 7) is 4.01. The molecule has 2 rings (SSSR count). The second kappa shape index (κ2) is 5.41. The lowest BCUT2D eigenvalue weighted by molar-refractivity contribution is 0.125. The second-order valence-electron chi connectivity index (χ2n) is 4.97. The first-order chi connectivity index (χ1) is 8.16. The number of rotatable bonds is 3. The summed E-state index contributed by atoms with van der Waals surface area (Å²) in [5, 5.41) is 0. The SMILES string of the molecule is Cc1cc(N)ccc1OCC1CCCCN1C. The Bertz CT molecular complexity index is 378. The van der Waals surface area contributed by atoms with Crippen molar-refractivity contribution in [2.45, 2.75) is 32.2 Å². The molecule has 0 spiro atoms. The van der Waals surface area contributed by atoms with Gasteiger partial charge in [0.2, 0.25) is 0 Å². The lowest BCUT2D eigenvalue weighted by Crippen LogP contribution is -2.40. The zero-order chi connectivity index (χ0) is 12.3. The molecule has 1 unspecified atom stereocenters. The molecule has 17 heavy (non-hydrogen) atoms. The predicted molar refractivity (Wildman–Crippen MR) is 71.4 cm³/mol. The van der Waals surface area contributed by atoms with Crippen LogP contribution in [-0.4, -0.2) is 31.1 Å². The van der Waals surface area contributed by atoms with Gasteiger partial charge >= 0.3 is 0 Å². The Morgan fingerprint density at radius 3 is 2.94 bits per heavy atom. The number of aryl methyl sites for hydroxylation is 1. The third-order valence-corrected chi connectivity index (χ3v) is 3.55. The third-order valence-electron chi connectivity index (χ3n) is 3.55. The maximum atomic E-state index is 5.90. The van der Waals surface area contributed by atoms with Gasteiger partial charge in [0.25, 0.3) is 0 Å². The Hall–Kier alpha value is -1.22. The van der Waals surface area contributed by atoms with E-state index >= 15 is 0 Å². The van der Waals surface area contributed by atoms with Crippen LogP contribution in [0.15, 0.2) is 18.2 Å². The third kappa shape index (κ3) is 3.13. The monoisotopic (exact) mass is 234 g/mol. The molecule has 1 aromatic rings. The van der Waals surface area contributed by atoms with Crippen LogP contribution in [0.4, 0.5) is 5.69 Å². The fraction of sp³-hybridized carbons (Fsp3) is 0.571. The Morgan fingerprint density at radius 1 is 1.41 bits per heavy atom. The van der Waals surface area contributed by atoms with E-state index in [1.165, 1.54) is 25.8 Å². The summed E-state index contributed by atoms with van der Waals surface area (Å²) in [6, 6.07) is 6.38. The maximum absolute atomic E-state index is 5.90. The van der Waals surface area contributed by atoms with E-state index in [-0.39, 0.29) is 0 Å². The average molecular weight is 234 g/mol. The first-order valence-electron chi connectivity index (χ1n) is 6.36. The highest BCUT2D eigenvalue weighted by molar-refractivity contribution is 5.47. The van der Waals surface area contributed by atoms with Crippen LogP contribution >= 0.6 is 0 Å². The van der Waals surface area contributed by atoms with Gasteiger partial charge in [0.15, 0.2) is 0 Å². The molecule has 1 fully saturated rings. The van der Waals surface area contributed by atoms with Crippen molar-refractivity contribution in [1.29, 1.82) is 0 Å². The Morgan fingerprint density at radius 2 is 2.24 bits per heavy atom. The molecule has 0 amide bonds. The highest BCUT2D eigenvalue weighted by Gasteiger charge is 2.19. The van der Waals surface area contributed by atoms with Crippen molar-refractivity contribution in [3.63, 3.8) is 0 Å². The van der Waals surface area contributed by atoms with Crippen molar-refractivity contribution in [1.82, 2.24) is 4.90 Å². The number of benzene rings is 1. The molecule has 0 radical (unpaired) electrons. The first kappa shape index (κ1) is 12.2. The largest absolute Gasteiger partial charge is 0.492 e. The fourth-order valence-corrected chi connectivity index (χ4v) is 2.38. The van der Waals surface area contributed by atoms with Crippen LogP contribution in [0.25, 0.3) is 0 Å². The summed E-state index contributed by atoms with van der Waals surface area (Å²) in [7, 11) is 2.18. The summed E-state index contributed by atoms with van der Waals surface area (Å²) in [5.41, 5.74) is 7.64. The molecule has 1 atom stereocenters. The van der Waals surface area contributed by atoms with Gasteiger partial charge in [0.05, 0.1) is 0 Å². The normalized spacial score (nSPS) is 21.4. The lowest BCUT2D eigenvalue weighted by Gasteiger charge is -2.32. The van der Waals surface area contributed by atoms with Crippen LogP contribution in [0.1, 0.15) is 24.8 Å². The van der Waals surface area contributed by atoms with Crippen molar-refractivity contribution in [2.24, 2.45) is 0 Å². The van der Waals surface area contributed by atoms with E-state index in [1.807, 2.05) is 25.1 Å². The van der Waals surface area contributed by atoms with Crippen molar-refractivity contribution in [3.8, 4) is 5.75 Å². The summed E-state index contributed by atoms with van der Waals surface area (Å²) < 4.78 is 5.90. The highest BCUT2D eigenvalue weighted by atomic mass is 16.5. The van der Waals surface area contributed by atoms with Crippen LogP contribution in [0.5, 0.6) is 5.75 Å². The van der Waals surface area contributed by atoms with Gasteiger partial charge in [-0.3, -0.25) is 0 Å². The summed E-state index contributed by atoms with van der Waals surface area (Å²) in [6.07, 6.45) is 3.87. The van der Waals surface area contributed by atoms with E-state index in [4.69, 9.17) is 10.5 Å². The van der Waals surface area contributed by atoms with E-state index in [9.17, 15) is 0 Å². The minimum atomic E-state index is 0.556. The second-order valence-corrected chi connectivity index (χ2v) is 4.97. The van der Waals surface area contributed by atoms with E-state index in [1.54, 1.807) is 0 Å². The van der Waals surface area contributed by atoms with Crippen LogP contribution in [0, 0.1) is 6.92 Å². The zero-order valence-corrected chi connectivity index (χ0v) is 10.8. The molecule has 1 saturated heterocycles. The van der Waals surface area contributed by atoms with Crippen molar-refractivity contribution < 1.29 is 4.74 Å². The van der Waals surface area contributed by atoms with Crippen molar-refractivity contribution >= 4 is 5.69 Å². The number of piperidine rings is 1. The van der Waals surface area contributed by atoms with Gasteiger partial charge in [-0.2, -0.15) is 0 Å². The van der Waals surface area contributed by atoms with Crippen LogP contribution < -0.4 is 10.5 Å². The number of anilines is 1. The van der Waals surface area contributed by atoms with Gasteiger partial charge in [0.1, 0.15) is 12.4 Å². The Labute approximate surface area is 104 Å². The van der Waals surface area contributed by atoms with E-state index < -0.39 is 0 Å². The van der Waals surface area contributed by atoms with E-state index in [0.29, 0.717) is 6.04 Å². The number of likely N-dealkylation sites (N-methyl/N-ethyl adjacent to an activating group) is 1. The van der Waals surface area contributed by atoms with E-state index in [2.05, 4.69) is 11.9 Å². The summed E-state index contributed by atoms with van der Waals surface area (Å²) in [5.74, 6) is 0.957. The van der Waals surface area contributed by atoms with Crippen LogP contribution in [-0.2, 0) is 0 Å². The molecule has 0 aromatic heterocycles. The number of nitrogen functional groups attached to an aromatic ring is 1. The van der Waals surface area contributed by atoms with Crippen LogP contribution in [0.3, 0.4) is 0 Å². The van der Waals surface area contributed by atoms with Crippen LogP contribution in [0.2, 0.25) is 0 Å². The molecule has 0 aliphatic carbocycles. The van der Waals surface area contributed by atoms with Gasteiger partial charge in [-0.1, -0.05) is 6.42 Å². The van der Waals surface area contributed by atoms with Gasteiger partial charge in [-0.25, -0.2) is 0 Å². The predicted octanol–water partition coefficient (Wildman–Crippen LogP) is 2.44. The summed E-state index contributed by atoms with van der Waals surface area (Å²) >= 11 is 0. The van der Waals surface area contributed by atoms with Gasteiger partial charge in [-0.15, -0.1) is 0 Å². The summed E-state index contributed by atoms with van der Waals surface area (Å²) in [4.78, 5) is 2.40. The number of hydrogen-bond donors (Lipinski definition) is 1. The number of ether oxygens (including phenoxy) is 1. The van der Waals surface area contributed by atoms with Gasteiger partial charge in [0, 0.05) is 11.7 Å². The number of hydrogen-bond acceptors (Lipinski definition) is 3. The molecular formula is C14H22N2O. The zero-order valence-electron chi connectivity index (χ0n) is 10.8. The molecule has 1 aromatic carbocycles. The number of likely N-dealkylation sites (tertiary alicyclic amines) is 1. The Kier molecular flexibility index (Phi) is 3.89. The van der Waals surface area contributed by atoms with Crippen molar-refractivity contribution in [2.75, 3.05) is 25.9 Å². The van der Waals surface area contributed by atoms with Crippen molar-refractivity contribution in [3.05, 3.63) is 23.8 Å². The van der Waals surface area contributed by atoms with E-state index in [0.717, 1.165) is 23.6 Å². The molecule has 0 saturated carbocycles. The fourth-order valence-electron chi connectivity index (χ4n) is 2.38. The molecule has 3 nitrogen and oxygen atoms in total. The average Bonchev–Trinajstić information content (AvgIpc) is 2.30. The topological polar surface area (TPSA) is 38.5 Å². The highest BCUT2D eigenvalue weighted by Crippen LogP contribution is 2.22. The molecule has 0 bridgehead atoms. The molecule has 1 aliphatic heterocycles. The number of nitrogens with two attached hydrogens (primary N) is 1. The Balaban J connectivity index is 1.92. The smallest absolute Gasteiger partial charge is 0.122 e. The molecule has 3 heteroatoms. The molecule has 2 N–H and O–H groups in total. The number of nitrogens with zero attached hydrogens (tertiary/aromatic N) is 1. The minimum absolute atomic E-state index is 0.556. The molecule has 1 heterocycles. The molecule has 94 valence electrons. The molecule has 1 aliphatic rings. The standard InChI is InChI=1S/C14H22N2O/c1-11-9-12(15)6-7-14(11)17-10-13-5-3-4-8-16(13)2/h6-7,9,13H,3-5,8,10,15H2,1-2H3.